The van der Waals surface area contributed by atoms with Gasteiger partial charge in [-0.25, -0.2) is 0 Å². The molecule has 0 saturated carbocycles. The minimum atomic E-state index is -0.652. The zero-order valence-electron chi connectivity index (χ0n) is 11.3. The normalized spacial score (nSPS) is 13.9. The molecule has 0 aliphatic heterocycles. The fourth-order valence-corrected chi connectivity index (χ4v) is 1.81. The maximum absolute atomic E-state index is 9.88. The molecule has 2 atom stereocenters. The maximum Gasteiger partial charge on any atom is 0.131 e. The van der Waals surface area contributed by atoms with Crippen molar-refractivity contribution in [2.75, 3.05) is 21.3 Å². The second-order valence-electron chi connectivity index (χ2n) is 3.95. The molecule has 5 heteroatoms. The van der Waals surface area contributed by atoms with E-state index in [1.54, 1.807) is 33.5 Å². The van der Waals surface area contributed by atoms with Gasteiger partial charge in [0.05, 0.1) is 39.0 Å². The highest BCUT2D eigenvalue weighted by atomic mass is 16.5. The number of benzene rings is 1. The zero-order chi connectivity index (χ0) is 13.7. The molecule has 0 aromatic heterocycles. The molecule has 0 radical (unpaired) electrons. The van der Waals surface area contributed by atoms with Gasteiger partial charge in [0.2, 0.25) is 0 Å². The Morgan fingerprint density at radius 2 is 1.61 bits per heavy atom. The number of ether oxygens (including phenoxy) is 3. The smallest absolute Gasteiger partial charge is 0.131 e. The second kappa shape index (κ2) is 6.47. The molecule has 0 amide bonds. The Bertz CT molecular complexity index is 370. The SMILES string of the molecule is CC[C@@H](O)[C@@H](N)c1c(OC)cc(OC)cc1OC. The van der Waals surface area contributed by atoms with E-state index in [1.807, 2.05) is 6.92 Å². The molecule has 1 aromatic carbocycles. The third-order valence-electron chi connectivity index (χ3n) is 2.92. The van der Waals surface area contributed by atoms with E-state index in [2.05, 4.69) is 0 Å². The average Bonchev–Trinajstić information content (AvgIpc) is 2.43. The first-order valence-electron chi connectivity index (χ1n) is 5.82. The Labute approximate surface area is 107 Å². The van der Waals surface area contributed by atoms with Gasteiger partial charge in [-0.05, 0) is 6.42 Å². The largest absolute Gasteiger partial charge is 0.496 e. The van der Waals surface area contributed by atoms with Gasteiger partial charge in [-0.15, -0.1) is 0 Å². The predicted molar refractivity (Wildman–Crippen MR) is 69.3 cm³/mol. The van der Waals surface area contributed by atoms with E-state index in [-0.39, 0.29) is 0 Å². The van der Waals surface area contributed by atoms with Gasteiger partial charge >= 0.3 is 0 Å². The quantitative estimate of drug-likeness (QED) is 0.805. The van der Waals surface area contributed by atoms with Crippen LogP contribution in [0.25, 0.3) is 0 Å². The molecule has 0 saturated heterocycles. The molecule has 1 aromatic rings. The Hall–Kier alpha value is -1.46. The topological polar surface area (TPSA) is 73.9 Å². The molecule has 18 heavy (non-hydrogen) atoms. The molecular weight excluding hydrogens is 234 g/mol. The molecular formula is C13H21NO4. The van der Waals surface area contributed by atoms with Crippen molar-refractivity contribution in [3.05, 3.63) is 17.7 Å². The van der Waals surface area contributed by atoms with Gasteiger partial charge in [0, 0.05) is 12.1 Å². The molecule has 0 heterocycles. The highest BCUT2D eigenvalue weighted by molar-refractivity contribution is 5.52. The van der Waals surface area contributed by atoms with Crippen molar-refractivity contribution in [2.24, 2.45) is 5.73 Å². The summed E-state index contributed by atoms with van der Waals surface area (Å²) in [7, 11) is 4.65. The molecule has 0 aliphatic rings. The molecule has 0 bridgehead atoms. The summed E-state index contributed by atoms with van der Waals surface area (Å²) in [6.45, 7) is 1.87. The molecule has 0 fully saturated rings. The average molecular weight is 255 g/mol. The lowest BCUT2D eigenvalue weighted by molar-refractivity contribution is 0.138. The molecule has 0 spiro atoms. The van der Waals surface area contributed by atoms with Gasteiger partial charge in [-0.2, -0.15) is 0 Å². The number of aliphatic hydroxyl groups is 1. The minimum absolute atomic E-state index is 0.547. The highest BCUT2D eigenvalue weighted by Gasteiger charge is 2.24. The van der Waals surface area contributed by atoms with E-state index in [0.29, 0.717) is 29.2 Å². The van der Waals surface area contributed by atoms with Crippen molar-refractivity contribution < 1.29 is 19.3 Å². The summed E-state index contributed by atoms with van der Waals surface area (Å²) in [5, 5.41) is 9.88. The van der Waals surface area contributed by atoms with Crippen LogP contribution in [0.2, 0.25) is 0 Å². The standard InChI is InChI=1S/C13H21NO4/c1-5-9(15)13(14)12-10(17-3)6-8(16-2)7-11(12)18-4/h6-7,9,13,15H,5,14H2,1-4H3/t9-,13-/m1/s1. The fraction of sp³-hybridized carbons (Fsp3) is 0.538. The summed E-state index contributed by atoms with van der Waals surface area (Å²) in [5.74, 6) is 1.71. The summed E-state index contributed by atoms with van der Waals surface area (Å²) in [5.41, 5.74) is 6.69. The van der Waals surface area contributed by atoms with Gasteiger partial charge in [0.25, 0.3) is 0 Å². The van der Waals surface area contributed by atoms with Crippen molar-refractivity contribution >= 4 is 0 Å². The fourth-order valence-electron chi connectivity index (χ4n) is 1.81. The Balaban J connectivity index is 3.30. The van der Waals surface area contributed by atoms with Crippen LogP contribution in [0.1, 0.15) is 24.9 Å². The van der Waals surface area contributed by atoms with Crippen molar-refractivity contribution in [2.45, 2.75) is 25.5 Å². The van der Waals surface area contributed by atoms with Gasteiger partial charge in [0.15, 0.2) is 0 Å². The van der Waals surface area contributed by atoms with Crippen LogP contribution in [-0.2, 0) is 0 Å². The van der Waals surface area contributed by atoms with Gasteiger partial charge in [0.1, 0.15) is 17.2 Å². The third-order valence-corrected chi connectivity index (χ3v) is 2.92. The number of aliphatic hydroxyl groups excluding tert-OH is 1. The molecule has 5 nitrogen and oxygen atoms in total. The van der Waals surface area contributed by atoms with E-state index in [9.17, 15) is 5.11 Å². The van der Waals surface area contributed by atoms with Crippen LogP contribution in [-0.4, -0.2) is 32.5 Å². The number of rotatable bonds is 6. The Morgan fingerprint density at radius 1 is 1.11 bits per heavy atom. The van der Waals surface area contributed by atoms with Crippen LogP contribution in [0.4, 0.5) is 0 Å². The summed E-state index contributed by atoms with van der Waals surface area (Å²) in [6.07, 6.45) is -0.0966. The van der Waals surface area contributed by atoms with Crippen LogP contribution in [0.3, 0.4) is 0 Å². The van der Waals surface area contributed by atoms with Crippen LogP contribution in [0.15, 0.2) is 12.1 Å². The molecule has 1 rings (SSSR count). The number of nitrogens with two attached hydrogens (primary N) is 1. The molecule has 3 N–H and O–H groups in total. The highest BCUT2D eigenvalue weighted by Crippen LogP contribution is 2.38. The summed E-state index contributed by atoms with van der Waals surface area (Å²) in [6, 6.07) is 2.88. The van der Waals surface area contributed by atoms with Crippen LogP contribution in [0.5, 0.6) is 17.2 Å². The van der Waals surface area contributed by atoms with Crippen LogP contribution >= 0.6 is 0 Å². The van der Waals surface area contributed by atoms with Gasteiger partial charge < -0.3 is 25.1 Å². The Morgan fingerprint density at radius 3 is 1.94 bits per heavy atom. The second-order valence-corrected chi connectivity index (χ2v) is 3.95. The monoisotopic (exact) mass is 255 g/mol. The van der Waals surface area contributed by atoms with Crippen LogP contribution < -0.4 is 19.9 Å². The first kappa shape index (κ1) is 14.6. The lowest BCUT2D eigenvalue weighted by Gasteiger charge is -2.23. The van der Waals surface area contributed by atoms with Gasteiger partial charge in [-0.1, -0.05) is 6.92 Å². The van der Waals surface area contributed by atoms with Crippen molar-refractivity contribution in [1.82, 2.24) is 0 Å². The summed E-state index contributed by atoms with van der Waals surface area (Å²) >= 11 is 0. The first-order valence-corrected chi connectivity index (χ1v) is 5.82. The predicted octanol–water partition coefficient (Wildman–Crippen LogP) is 1.48. The molecule has 102 valence electrons. The Kier molecular flexibility index (Phi) is 5.25. The van der Waals surface area contributed by atoms with Crippen molar-refractivity contribution in [3.8, 4) is 17.2 Å². The number of hydrogen-bond acceptors (Lipinski definition) is 5. The van der Waals surface area contributed by atoms with E-state index in [1.165, 1.54) is 0 Å². The number of methoxy groups -OCH3 is 3. The molecule has 0 aliphatic carbocycles. The maximum atomic E-state index is 9.88. The lowest BCUT2D eigenvalue weighted by Crippen LogP contribution is -2.26. The van der Waals surface area contributed by atoms with Crippen molar-refractivity contribution in [1.29, 1.82) is 0 Å². The summed E-state index contributed by atoms with van der Waals surface area (Å²) in [4.78, 5) is 0. The van der Waals surface area contributed by atoms with E-state index >= 15 is 0 Å². The molecule has 0 unspecified atom stereocenters. The third kappa shape index (κ3) is 2.86. The lowest BCUT2D eigenvalue weighted by atomic mass is 9.98. The van der Waals surface area contributed by atoms with Gasteiger partial charge in [-0.3, -0.25) is 0 Å². The van der Waals surface area contributed by atoms with E-state index < -0.39 is 12.1 Å². The first-order chi connectivity index (χ1) is 8.58. The summed E-state index contributed by atoms with van der Waals surface area (Å²) < 4.78 is 15.7. The van der Waals surface area contributed by atoms with E-state index in [4.69, 9.17) is 19.9 Å². The van der Waals surface area contributed by atoms with Crippen molar-refractivity contribution in [3.63, 3.8) is 0 Å². The number of hydrogen-bond donors (Lipinski definition) is 2. The zero-order valence-corrected chi connectivity index (χ0v) is 11.3. The minimum Gasteiger partial charge on any atom is -0.496 e. The van der Waals surface area contributed by atoms with E-state index in [0.717, 1.165) is 0 Å². The van der Waals surface area contributed by atoms with Crippen LogP contribution in [0, 0.1) is 0 Å².